The maximum Gasteiger partial charge on any atom is -0.00978 e. The zero-order chi connectivity index (χ0) is 4.41. The van der Waals surface area contributed by atoms with Gasteiger partial charge >= 0.3 is 0 Å². The highest BCUT2D eigenvalue weighted by molar-refractivity contribution is 5.00. The van der Waals surface area contributed by atoms with Crippen molar-refractivity contribution in [1.29, 1.82) is 0 Å². The molecule has 3 heteroatoms. The normalized spacial score (nSPS) is 20.2. The fourth-order valence-electron chi connectivity index (χ4n) is 0.308. The van der Waals surface area contributed by atoms with E-state index in [4.69, 9.17) is 0 Å². The summed E-state index contributed by atoms with van der Waals surface area (Å²) in [5, 5.41) is 1.62. The Labute approximate surface area is 36.6 Å². The van der Waals surface area contributed by atoms with Crippen molar-refractivity contribution < 1.29 is 0 Å². The van der Waals surface area contributed by atoms with E-state index in [1.807, 2.05) is 7.05 Å². The summed E-state index contributed by atoms with van der Waals surface area (Å²) >= 11 is 0. The van der Waals surface area contributed by atoms with Gasteiger partial charge in [-0.2, -0.15) is 0 Å². The Morgan fingerprint density at radius 2 is 2.67 bits per heavy atom. The molecule has 34 valence electrons. The fourth-order valence-corrected chi connectivity index (χ4v) is 0.308. The van der Waals surface area contributed by atoms with Crippen molar-refractivity contribution in [1.82, 2.24) is 10.5 Å². The molecule has 0 amide bonds. The van der Waals surface area contributed by atoms with Crippen molar-refractivity contribution in [3.8, 4) is 0 Å². The predicted octanol–water partition coefficient (Wildman–Crippen LogP) is 0.196. The van der Waals surface area contributed by atoms with E-state index in [9.17, 15) is 0 Å². The SMILES string of the molecule is CN1[N-]C=CN1. The van der Waals surface area contributed by atoms with Crippen LogP contribution in [-0.2, 0) is 0 Å². The molecule has 0 aromatic carbocycles. The molecular weight excluding hydrogens is 78.1 g/mol. The lowest BCUT2D eigenvalue weighted by Crippen LogP contribution is -2.19. The standard InChI is InChI=1S/C3H6N3/c1-6-4-2-3-5-6/h2-4H,1H3/q-1. The third-order valence-electron chi connectivity index (χ3n) is 0.576. The largest absolute Gasteiger partial charge is 0.607 e. The molecule has 0 atom stereocenters. The summed E-state index contributed by atoms with van der Waals surface area (Å²) in [4.78, 5) is 0. The first-order valence-electron chi connectivity index (χ1n) is 1.75. The van der Waals surface area contributed by atoms with Gasteiger partial charge in [0.25, 0.3) is 0 Å². The van der Waals surface area contributed by atoms with E-state index in [1.165, 1.54) is 0 Å². The highest BCUT2D eigenvalue weighted by atomic mass is 15.7. The lowest BCUT2D eigenvalue weighted by Gasteiger charge is -2.22. The number of hydrogen-bond donors (Lipinski definition) is 1. The van der Waals surface area contributed by atoms with Crippen LogP contribution in [0.4, 0.5) is 0 Å². The summed E-state index contributed by atoms with van der Waals surface area (Å²) in [6, 6.07) is 0. The van der Waals surface area contributed by atoms with Crippen LogP contribution in [0.1, 0.15) is 0 Å². The molecular formula is C3H6N3-. The Morgan fingerprint density at radius 1 is 1.83 bits per heavy atom. The summed E-state index contributed by atoms with van der Waals surface area (Å²) in [5.41, 5.74) is 6.58. The first-order chi connectivity index (χ1) is 2.89. The van der Waals surface area contributed by atoms with E-state index < -0.39 is 0 Å². The quantitative estimate of drug-likeness (QED) is 0.454. The Kier molecular flexibility index (Phi) is 0.686. The highest BCUT2D eigenvalue weighted by Gasteiger charge is 1.76. The Morgan fingerprint density at radius 3 is 2.83 bits per heavy atom. The maximum atomic E-state index is 3.78. The molecule has 0 saturated heterocycles. The van der Waals surface area contributed by atoms with E-state index in [-0.39, 0.29) is 0 Å². The molecule has 6 heavy (non-hydrogen) atoms. The zero-order valence-corrected chi connectivity index (χ0v) is 3.55. The van der Waals surface area contributed by atoms with Crippen molar-refractivity contribution in [2.45, 2.75) is 0 Å². The molecule has 1 heterocycles. The fraction of sp³-hybridized carbons (Fsp3) is 0.333. The van der Waals surface area contributed by atoms with Crippen molar-refractivity contribution in [2.24, 2.45) is 0 Å². The molecule has 0 aromatic rings. The van der Waals surface area contributed by atoms with Gasteiger partial charge in [0.15, 0.2) is 0 Å². The number of nitrogens with zero attached hydrogens (tertiary/aromatic N) is 2. The molecule has 1 aliphatic heterocycles. The number of nitrogens with one attached hydrogen (secondary N) is 1. The second-order valence-electron chi connectivity index (χ2n) is 1.08. The number of rotatable bonds is 0. The second kappa shape index (κ2) is 1.18. The number of hydrogen-bond acceptors (Lipinski definition) is 2. The monoisotopic (exact) mass is 84.1 g/mol. The van der Waals surface area contributed by atoms with Crippen molar-refractivity contribution in [3.63, 3.8) is 0 Å². The highest BCUT2D eigenvalue weighted by Crippen LogP contribution is 1.96. The van der Waals surface area contributed by atoms with Crippen LogP contribution in [0.25, 0.3) is 5.43 Å². The first kappa shape index (κ1) is 3.49. The van der Waals surface area contributed by atoms with Crippen LogP contribution in [-0.4, -0.2) is 12.2 Å². The molecule has 0 aromatic heterocycles. The van der Waals surface area contributed by atoms with Gasteiger partial charge in [-0.1, -0.05) is 0 Å². The van der Waals surface area contributed by atoms with Crippen LogP contribution in [0.15, 0.2) is 12.4 Å². The minimum absolute atomic E-state index is 1.62. The maximum absolute atomic E-state index is 3.78. The summed E-state index contributed by atoms with van der Waals surface area (Å²) in [6.45, 7) is 0. The van der Waals surface area contributed by atoms with Gasteiger partial charge in [0.05, 0.1) is 0 Å². The van der Waals surface area contributed by atoms with Gasteiger partial charge < -0.3 is 16.0 Å². The van der Waals surface area contributed by atoms with Gasteiger partial charge in [0, 0.05) is 0 Å². The average Bonchev–Trinajstić information content (AvgIpc) is 1.86. The molecule has 0 unspecified atom stereocenters. The molecule has 1 N–H and O–H groups in total. The number of hydrazine groups is 1. The van der Waals surface area contributed by atoms with Gasteiger partial charge in [-0.25, -0.2) is 0 Å². The molecule has 3 nitrogen and oxygen atoms in total. The van der Waals surface area contributed by atoms with Crippen LogP contribution < -0.4 is 5.43 Å². The minimum Gasteiger partial charge on any atom is -0.607 e. The zero-order valence-electron chi connectivity index (χ0n) is 3.55. The molecule has 0 radical (unpaired) electrons. The lowest BCUT2D eigenvalue weighted by atomic mass is 11.0. The summed E-state index contributed by atoms with van der Waals surface area (Å²) < 4.78 is 0. The Hall–Kier alpha value is -0.700. The van der Waals surface area contributed by atoms with E-state index in [2.05, 4.69) is 10.9 Å². The molecule has 1 rings (SSSR count). The van der Waals surface area contributed by atoms with E-state index in [0.717, 1.165) is 0 Å². The van der Waals surface area contributed by atoms with E-state index in [0.29, 0.717) is 0 Å². The predicted molar refractivity (Wildman–Crippen MR) is 23.4 cm³/mol. The van der Waals surface area contributed by atoms with Crippen molar-refractivity contribution in [3.05, 3.63) is 17.8 Å². The molecule has 0 saturated carbocycles. The van der Waals surface area contributed by atoms with Gasteiger partial charge in [0.2, 0.25) is 0 Å². The van der Waals surface area contributed by atoms with Crippen LogP contribution in [0.3, 0.4) is 0 Å². The van der Waals surface area contributed by atoms with Gasteiger partial charge in [-0.15, -0.1) is 6.20 Å². The first-order valence-corrected chi connectivity index (χ1v) is 1.75. The molecule has 1 aliphatic rings. The Balaban J connectivity index is 2.32. The van der Waals surface area contributed by atoms with Gasteiger partial charge in [-0.3, -0.25) is 0 Å². The molecule has 0 aliphatic carbocycles. The molecule has 0 bridgehead atoms. The third-order valence-corrected chi connectivity index (χ3v) is 0.576. The second-order valence-corrected chi connectivity index (χ2v) is 1.08. The average molecular weight is 84.1 g/mol. The van der Waals surface area contributed by atoms with E-state index >= 15 is 0 Å². The van der Waals surface area contributed by atoms with Crippen LogP contribution in [0, 0.1) is 0 Å². The van der Waals surface area contributed by atoms with Crippen LogP contribution in [0.2, 0.25) is 0 Å². The van der Waals surface area contributed by atoms with Crippen molar-refractivity contribution in [2.75, 3.05) is 7.05 Å². The van der Waals surface area contributed by atoms with Crippen LogP contribution >= 0.6 is 0 Å². The minimum atomic E-state index is 1.62. The summed E-state index contributed by atoms with van der Waals surface area (Å²) in [7, 11) is 1.83. The Bertz CT molecular complexity index is 60.4. The topological polar surface area (TPSA) is 29.4 Å². The summed E-state index contributed by atoms with van der Waals surface area (Å²) in [6.07, 6.45) is 3.46. The van der Waals surface area contributed by atoms with Crippen LogP contribution in [0.5, 0.6) is 0 Å². The summed E-state index contributed by atoms with van der Waals surface area (Å²) in [5.74, 6) is 0. The van der Waals surface area contributed by atoms with Crippen molar-refractivity contribution >= 4 is 0 Å². The van der Waals surface area contributed by atoms with Gasteiger partial charge in [-0.05, 0) is 13.2 Å². The molecule has 0 fully saturated rings. The third kappa shape index (κ3) is 0.440. The molecule has 0 spiro atoms. The van der Waals surface area contributed by atoms with E-state index in [1.54, 1.807) is 17.5 Å². The van der Waals surface area contributed by atoms with Gasteiger partial charge in [0.1, 0.15) is 0 Å². The smallest absolute Gasteiger partial charge is 0.00978 e. The lowest BCUT2D eigenvalue weighted by molar-refractivity contribution is 0.387.